The fourth-order valence-electron chi connectivity index (χ4n) is 1.48. The van der Waals surface area contributed by atoms with Crippen LogP contribution in [0.4, 0.5) is 0 Å². The number of aromatic hydroxyl groups is 1. The second-order valence-corrected chi connectivity index (χ2v) is 3.92. The zero-order chi connectivity index (χ0) is 13.7. The van der Waals surface area contributed by atoms with E-state index in [2.05, 4.69) is 15.4 Å². The Morgan fingerprint density at radius 1 is 1.00 bits per heavy atom. The van der Waals surface area contributed by atoms with Gasteiger partial charge in [-0.3, -0.25) is 4.79 Å². The molecule has 0 unspecified atom stereocenters. The predicted molar refractivity (Wildman–Crippen MR) is 72.0 cm³/mol. The Kier molecular flexibility index (Phi) is 3.87. The number of phenolic OH excluding ortho intramolecular Hbond substituents is 1. The number of H-pyrrole nitrogens is 1. The fraction of sp³-hybridized carbons (Fsp3) is 0.0714. The Bertz CT molecular complexity index is 644. The van der Waals surface area contributed by atoms with Gasteiger partial charge >= 0.3 is 0 Å². The smallest absolute Gasteiger partial charge is 0.159 e. The van der Waals surface area contributed by atoms with Crippen LogP contribution in [-0.2, 0) is 0 Å². The number of carbonyl (C=O) groups is 1. The lowest BCUT2D eigenvalue weighted by atomic mass is 10.1. The van der Waals surface area contributed by atoms with Gasteiger partial charge in [-0.05, 0) is 43.3 Å². The zero-order valence-corrected chi connectivity index (χ0v) is 10.4. The molecular weight excluding hydrogens is 242 g/mol. The number of aromatic amines is 1. The van der Waals surface area contributed by atoms with E-state index in [9.17, 15) is 4.79 Å². The molecule has 0 saturated carbocycles. The molecule has 0 aliphatic carbocycles. The van der Waals surface area contributed by atoms with Crippen molar-refractivity contribution >= 4 is 16.8 Å². The summed E-state index contributed by atoms with van der Waals surface area (Å²) in [5.74, 6) is 0.199. The second kappa shape index (κ2) is 5.77. The van der Waals surface area contributed by atoms with Crippen molar-refractivity contribution in [1.82, 2.24) is 15.4 Å². The quantitative estimate of drug-likeness (QED) is 0.655. The molecule has 0 amide bonds. The van der Waals surface area contributed by atoms with Crippen LogP contribution in [0.15, 0.2) is 48.5 Å². The molecule has 0 atom stereocenters. The summed E-state index contributed by atoms with van der Waals surface area (Å²) in [6.45, 7) is 1.49. The van der Waals surface area contributed by atoms with Crippen molar-refractivity contribution in [3.05, 3.63) is 54.1 Å². The van der Waals surface area contributed by atoms with Crippen molar-refractivity contribution in [3.63, 3.8) is 0 Å². The molecule has 3 rings (SSSR count). The first-order valence-electron chi connectivity index (χ1n) is 5.72. The summed E-state index contributed by atoms with van der Waals surface area (Å²) < 4.78 is 0. The molecule has 0 aliphatic rings. The number of Topliss-reactive ketones (excluding diaryl/α,β-unsaturated/α-hetero) is 1. The lowest BCUT2D eigenvalue weighted by molar-refractivity contribution is 0.101. The first-order chi connectivity index (χ1) is 9.16. The number of rotatable bonds is 1. The molecule has 0 bridgehead atoms. The van der Waals surface area contributed by atoms with Crippen molar-refractivity contribution in [1.29, 1.82) is 0 Å². The minimum atomic E-state index is 0.0139. The highest BCUT2D eigenvalue weighted by atomic mass is 16.3. The summed E-state index contributed by atoms with van der Waals surface area (Å²) in [5.41, 5.74) is 2.45. The number of benzene rings is 2. The Hall–Kier alpha value is -2.69. The number of para-hydroxylation sites is 2. The molecule has 19 heavy (non-hydrogen) atoms. The van der Waals surface area contributed by atoms with Crippen LogP contribution in [0.2, 0.25) is 0 Å². The molecule has 2 aromatic carbocycles. The fourth-order valence-corrected chi connectivity index (χ4v) is 1.48. The first-order valence-corrected chi connectivity index (χ1v) is 5.72. The number of nitrogens with one attached hydrogen (secondary N) is 1. The summed E-state index contributed by atoms with van der Waals surface area (Å²) in [4.78, 5) is 10.7. The van der Waals surface area contributed by atoms with E-state index in [1.165, 1.54) is 19.1 Å². The standard InChI is InChI=1S/C8H8O2.C6H5N3/c1-6(9)7-2-4-8(10)5-3-7;1-2-4-6-5(3-1)7-9-8-6/h2-5,10H,1H3;1-4H,(H,7,8,9). The molecule has 1 aromatic heterocycles. The van der Waals surface area contributed by atoms with Gasteiger partial charge in [0.1, 0.15) is 16.8 Å². The van der Waals surface area contributed by atoms with E-state index in [-0.39, 0.29) is 11.5 Å². The molecule has 0 aliphatic heterocycles. The lowest BCUT2D eigenvalue weighted by Gasteiger charge is -1.93. The molecule has 0 saturated heterocycles. The number of carbonyl (C=O) groups excluding carboxylic acids is 1. The van der Waals surface area contributed by atoms with Gasteiger partial charge in [-0.1, -0.05) is 12.1 Å². The number of hydrogen-bond donors (Lipinski definition) is 2. The Morgan fingerprint density at radius 3 is 2.00 bits per heavy atom. The highest BCUT2D eigenvalue weighted by molar-refractivity contribution is 5.94. The first kappa shape index (κ1) is 12.8. The largest absolute Gasteiger partial charge is 0.508 e. The van der Waals surface area contributed by atoms with E-state index in [1.54, 1.807) is 12.1 Å². The third-order valence-electron chi connectivity index (χ3n) is 2.50. The van der Waals surface area contributed by atoms with Gasteiger partial charge in [-0.15, -0.1) is 0 Å². The molecule has 0 fully saturated rings. The van der Waals surface area contributed by atoms with Crippen molar-refractivity contribution < 1.29 is 9.90 Å². The highest BCUT2D eigenvalue weighted by Crippen LogP contribution is 2.09. The number of nitrogens with zero attached hydrogens (tertiary/aromatic N) is 2. The minimum Gasteiger partial charge on any atom is -0.508 e. The number of ketones is 1. The summed E-state index contributed by atoms with van der Waals surface area (Å²) in [6.07, 6.45) is 0. The molecule has 0 radical (unpaired) electrons. The van der Waals surface area contributed by atoms with Gasteiger partial charge in [0.05, 0.1) is 0 Å². The molecular formula is C14H13N3O2. The van der Waals surface area contributed by atoms with Crippen molar-refractivity contribution in [3.8, 4) is 5.75 Å². The number of hydrogen-bond acceptors (Lipinski definition) is 4. The maximum atomic E-state index is 10.7. The monoisotopic (exact) mass is 255 g/mol. The van der Waals surface area contributed by atoms with E-state index in [0.29, 0.717) is 5.56 Å². The van der Waals surface area contributed by atoms with Crippen LogP contribution in [0, 0.1) is 0 Å². The van der Waals surface area contributed by atoms with E-state index >= 15 is 0 Å². The minimum absolute atomic E-state index is 0.0139. The van der Waals surface area contributed by atoms with Crippen molar-refractivity contribution in [2.75, 3.05) is 0 Å². The molecule has 5 nitrogen and oxygen atoms in total. The zero-order valence-electron chi connectivity index (χ0n) is 10.4. The van der Waals surface area contributed by atoms with E-state index in [0.717, 1.165) is 11.0 Å². The van der Waals surface area contributed by atoms with Crippen LogP contribution >= 0.6 is 0 Å². The molecule has 0 spiro atoms. The van der Waals surface area contributed by atoms with Crippen LogP contribution < -0.4 is 0 Å². The van der Waals surface area contributed by atoms with Gasteiger partial charge in [-0.25, -0.2) is 0 Å². The van der Waals surface area contributed by atoms with Crippen molar-refractivity contribution in [2.45, 2.75) is 6.92 Å². The van der Waals surface area contributed by atoms with Gasteiger partial charge in [0.25, 0.3) is 0 Å². The lowest BCUT2D eigenvalue weighted by Crippen LogP contribution is -1.89. The maximum absolute atomic E-state index is 10.7. The van der Waals surface area contributed by atoms with Crippen LogP contribution in [0.1, 0.15) is 17.3 Å². The SMILES string of the molecule is CC(=O)c1ccc(O)cc1.c1ccc2n[nH]nc2c1. The van der Waals surface area contributed by atoms with Gasteiger partial charge < -0.3 is 5.11 Å². The molecule has 3 aromatic rings. The Morgan fingerprint density at radius 2 is 1.53 bits per heavy atom. The van der Waals surface area contributed by atoms with Crippen LogP contribution in [-0.4, -0.2) is 26.3 Å². The van der Waals surface area contributed by atoms with E-state index in [1.807, 2.05) is 24.3 Å². The number of fused-ring (bicyclic) bond motifs is 1. The Labute approximate surface area is 109 Å². The molecule has 5 heteroatoms. The third kappa shape index (κ3) is 3.38. The average Bonchev–Trinajstić information content (AvgIpc) is 2.88. The van der Waals surface area contributed by atoms with Crippen molar-refractivity contribution in [2.24, 2.45) is 0 Å². The summed E-state index contributed by atoms with van der Waals surface area (Å²) in [6, 6.07) is 13.9. The predicted octanol–water partition coefficient (Wildman–Crippen LogP) is 2.55. The van der Waals surface area contributed by atoms with Gasteiger partial charge in [-0.2, -0.15) is 15.4 Å². The third-order valence-corrected chi connectivity index (χ3v) is 2.50. The molecule has 1 heterocycles. The van der Waals surface area contributed by atoms with Gasteiger partial charge in [0, 0.05) is 5.56 Å². The Balaban J connectivity index is 0.000000141. The van der Waals surface area contributed by atoms with Crippen LogP contribution in [0.3, 0.4) is 0 Å². The van der Waals surface area contributed by atoms with E-state index in [4.69, 9.17) is 5.11 Å². The number of aromatic nitrogens is 3. The summed E-state index contributed by atoms with van der Waals surface area (Å²) >= 11 is 0. The summed E-state index contributed by atoms with van der Waals surface area (Å²) in [7, 11) is 0. The van der Waals surface area contributed by atoms with Gasteiger partial charge in [0.2, 0.25) is 0 Å². The second-order valence-electron chi connectivity index (χ2n) is 3.92. The van der Waals surface area contributed by atoms with Gasteiger partial charge in [0.15, 0.2) is 5.78 Å². The number of phenols is 1. The topological polar surface area (TPSA) is 78.9 Å². The average molecular weight is 255 g/mol. The summed E-state index contributed by atoms with van der Waals surface area (Å²) in [5, 5.41) is 19.1. The maximum Gasteiger partial charge on any atom is 0.159 e. The van der Waals surface area contributed by atoms with Crippen LogP contribution in [0.25, 0.3) is 11.0 Å². The normalized spacial score (nSPS) is 9.74. The highest BCUT2D eigenvalue weighted by Gasteiger charge is 1.96. The van der Waals surface area contributed by atoms with E-state index < -0.39 is 0 Å². The molecule has 2 N–H and O–H groups in total. The van der Waals surface area contributed by atoms with Crippen LogP contribution in [0.5, 0.6) is 5.75 Å². The molecule has 96 valence electrons.